The zero-order valence-electron chi connectivity index (χ0n) is 8.43. The van der Waals surface area contributed by atoms with Gasteiger partial charge in [0.2, 0.25) is 0 Å². The number of fused-ring (bicyclic) bond motifs is 1. The fraction of sp³-hybridized carbons (Fsp3) is 0.182. The Hall–Kier alpha value is -1.20. The van der Waals surface area contributed by atoms with Crippen molar-refractivity contribution in [1.82, 2.24) is 15.0 Å². The standard InChI is InChI=1S/C11H9N3S2/c15-11-8-5-16-6-9(8)13-10(14-11)7-2-1-3-12-4-7/h1-4H,5-6H2,(H,13,14,15). The molecule has 3 rings (SSSR count). The molecule has 0 saturated carbocycles. The second-order valence-corrected chi connectivity index (χ2v) is 4.95. The van der Waals surface area contributed by atoms with Crippen LogP contribution in [-0.4, -0.2) is 15.0 Å². The molecule has 0 atom stereocenters. The first-order valence-corrected chi connectivity index (χ1v) is 6.51. The third-order valence-corrected chi connectivity index (χ3v) is 3.86. The summed E-state index contributed by atoms with van der Waals surface area (Å²) in [7, 11) is 0. The number of nitrogens with zero attached hydrogens (tertiary/aromatic N) is 2. The summed E-state index contributed by atoms with van der Waals surface area (Å²) in [6.07, 6.45) is 3.55. The van der Waals surface area contributed by atoms with Crippen LogP contribution in [0.5, 0.6) is 0 Å². The second-order valence-electron chi connectivity index (χ2n) is 3.58. The lowest BCUT2D eigenvalue weighted by Gasteiger charge is -2.04. The van der Waals surface area contributed by atoms with Gasteiger partial charge in [-0.2, -0.15) is 11.8 Å². The van der Waals surface area contributed by atoms with Gasteiger partial charge in [0.15, 0.2) is 0 Å². The first kappa shape index (κ1) is 9.99. The third kappa shape index (κ3) is 1.66. The fourth-order valence-corrected chi connectivity index (χ4v) is 3.16. The van der Waals surface area contributed by atoms with E-state index in [0.717, 1.165) is 27.5 Å². The topological polar surface area (TPSA) is 41.6 Å². The summed E-state index contributed by atoms with van der Waals surface area (Å²) in [6, 6.07) is 3.88. The van der Waals surface area contributed by atoms with Crippen LogP contribution in [-0.2, 0) is 11.5 Å². The second kappa shape index (κ2) is 3.99. The van der Waals surface area contributed by atoms with E-state index in [1.807, 2.05) is 23.9 Å². The molecule has 0 unspecified atom stereocenters. The van der Waals surface area contributed by atoms with Crippen LogP contribution in [0.4, 0.5) is 0 Å². The van der Waals surface area contributed by atoms with Crippen LogP contribution in [0.2, 0.25) is 0 Å². The molecule has 0 aromatic carbocycles. The van der Waals surface area contributed by atoms with Crippen LogP contribution in [0.15, 0.2) is 24.5 Å². The van der Waals surface area contributed by atoms with Crippen molar-refractivity contribution in [2.75, 3.05) is 0 Å². The van der Waals surface area contributed by atoms with Gasteiger partial charge in [-0.05, 0) is 12.1 Å². The number of aromatic nitrogens is 3. The molecule has 1 aliphatic rings. The molecule has 1 N–H and O–H groups in total. The first-order chi connectivity index (χ1) is 7.84. The third-order valence-electron chi connectivity index (χ3n) is 2.53. The van der Waals surface area contributed by atoms with Crippen molar-refractivity contribution in [2.24, 2.45) is 0 Å². The van der Waals surface area contributed by atoms with E-state index in [9.17, 15) is 0 Å². The average Bonchev–Trinajstić information content (AvgIpc) is 2.79. The molecule has 0 spiro atoms. The van der Waals surface area contributed by atoms with Gasteiger partial charge < -0.3 is 4.98 Å². The van der Waals surface area contributed by atoms with E-state index in [4.69, 9.17) is 12.2 Å². The van der Waals surface area contributed by atoms with Gasteiger partial charge in [-0.3, -0.25) is 4.98 Å². The van der Waals surface area contributed by atoms with Gasteiger partial charge in [0.25, 0.3) is 0 Å². The molecule has 2 aromatic heterocycles. The SMILES string of the molecule is S=c1nc(-c2cccnc2)[nH]c2c1CSC2. The van der Waals surface area contributed by atoms with Crippen LogP contribution in [0, 0.1) is 4.64 Å². The molecule has 0 radical (unpaired) electrons. The highest BCUT2D eigenvalue weighted by Gasteiger charge is 2.15. The van der Waals surface area contributed by atoms with Crippen LogP contribution >= 0.6 is 24.0 Å². The van der Waals surface area contributed by atoms with Crippen molar-refractivity contribution in [1.29, 1.82) is 0 Å². The Labute approximate surface area is 102 Å². The number of thioether (sulfide) groups is 1. The Morgan fingerprint density at radius 3 is 3.12 bits per heavy atom. The smallest absolute Gasteiger partial charge is 0.140 e. The number of hydrogen-bond donors (Lipinski definition) is 1. The molecule has 80 valence electrons. The van der Waals surface area contributed by atoms with E-state index in [-0.39, 0.29) is 0 Å². The van der Waals surface area contributed by atoms with E-state index < -0.39 is 0 Å². The molecule has 0 saturated heterocycles. The minimum Gasteiger partial charge on any atom is -0.342 e. The largest absolute Gasteiger partial charge is 0.342 e. The Bertz CT molecular complexity index is 578. The maximum absolute atomic E-state index is 5.30. The van der Waals surface area contributed by atoms with Crippen molar-refractivity contribution in [2.45, 2.75) is 11.5 Å². The van der Waals surface area contributed by atoms with Gasteiger partial charge >= 0.3 is 0 Å². The van der Waals surface area contributed by atoms with Gasteiger partial charge in [-0.1, -0.05) is 12.2 Å². The summed E-state index contributed by atoms with van der Waals surface area (Å²) in [5.74, 6) is 2.79. The van der Waals surface area contributed by atoms with Crippen molar-refractivity contribution in [3.8, 4) is 11.4 Å². The number of hydrogen-bond acceptors (Lipinski definition) is 4. The number of nitrogens with one attached hydrogen (secondary N) is 1. The molecule has 2 aromatic rings. The molecule has 0 bridgehead atoms. The summed E-state index contributed by atoms with van der Waals surface area (Å²) < 4.78 is 0.720. The van der Waals surface area contributed by atoms with Crippen LogP contribution in [0.25, 0.3) is 11.4 Å². The van der Waals surface area contributed by atoms with E-state index in [1.165, 1.54) is 11.3 Å². The van der Waals surface area contributed by atoms with Crippen molar-refractivity contribution in [3.05, 3.63) is 40.4 Å². The van der Waals surface area contributed by atoms with Gasteiger partial charge in [-0.15, -0.1) is 0 Å². The maximum atomic E-state index is 5.30. The van der Waals surface area contributed by atoms with E-state index in [0.29, 0.717) is 0 Å². The van der Waals surface area contributed by atoms with Crippen LogP contribution in [0.1, 0.15) is 11.3 Å². The maximum Gasteiger partial charge on any atom is 0.140 e. The van der Waals surface area contributed by atoms with Gasteiger partial charge in [-0.25, -0.2) is 4.98 Å². The highest BCUT2D eigenvalue weighted by molar-refractivity contribution is 7.98. The number of aromatic amines is 1. The molecule has 0 amide bonds. The Kier molecular flexibility index (Phi) is 2.49. The average molecular weight is 247 g/mol. The lowest BCUT2D eigenvalue weighted by molar-refractivity contribution is 1.06. The Morgan fingerprint density at radius 1 is 1.38 bits per heavy atom. The number of rotatable bonds is 1. The Balaban J connectivity index is 2.17. The van der Waals surface area contributed by atoms with Crippen molar-refractivity contribution >= 4 is 24.0 Å². The van der Waals surface area contributed by atoms with Crippen molar-refractivity contribution in [3.63, 3.8) is 0 Å². The summed E-state index contributed by atoms with van der Waals surface area (Å²) in [6.45, 7) is 0. The highest BCUT2D eigenvalue weighted by Crippen LogP contribution is 2.30. The number of pyridine rings is 1. The molecule has 16 heavy (non-hydrogen) atoms. The van der Waals surface area contributed by atoms with Gasteiger partial charge in [0.1, 0.15) is 10.5 Å². The summed E-state index contributed by atoms with van der Waals surface area (Å²) >= 11 is 7.17. The minimum absolute atomic E-state index is 0.720. The molecule has 3 heterocycles. The summed E-state index contributed by atoms with van der Waals surface area (Å²) in [5.41, 5.74) is 3.38. The van der Waals surface area contributed by atoms with Gasteiger partial charge in [0, 0.05) is 40.7 Å². The zero-order chi connectivity index (χ0) is 11.0. The molecule has 0 fully saturated rings. The lowest BCUT2D eigenvalue weighted by atomic mass is 10.2. The minimum atomic E-state index is 0.720. The van der Waals surface area contributed by atoms with Crippen LogP contribution in [0.3, 0.4) is 0 Å². The first-order valence-electron chi connectivity index (χ1n) is 4.95. The molecule has 0 aliphatic carbocycles. The lowest BCUT2D eigenvalue weighted by Crippen LogP contribution is -1.97. The molecular weight excluding hydrogens is 238 g/mol. The zero-order valence-corrected chi connectivity index (χ0v) is 10.1. The fourth-order valence-electron chi connectivity index (χ4n) is 1.71. The molecule has 3 nitrogen and oxygen atoms in total. The van der Waals surface area contributed by atoms with Gasteiger partial charge in [0.05, 0.1) is 0 Å². The monoisotopic (exact) mass is 247 g/mol. The van der Waals surface area contributed by atoms with E-state index >= 15 is 0 Å². The molecule has 1 aliphatic heterocycles. The van der Waals surface area contributed by atoms with Crippen LogP contribution < -0.4 is 0 Å². The molecule has 5 heteroatoms. The summed E-state index contributed by atoms with van der Waals surface area (Å²) in [5, 5.41) is 0. The Morgan fingerprint density at radius 2 is 2.31 bits per heavy atom. The number of H-pyrrole nitrogens is 1. The van der Waals surface area contributed by atoms with Crippen molar-refractivity contribution < 1.29 is 0 Å². The molecular formula is C11H9N3S2. The summed E-state index contributed by atoms with van der Waals surface area (Å²) in [4.78, 5) is 11.8. The quantitative estimate of drug-likeness (QED) is 0.787. The predicted octanol–water partition coefficient (Wildman–Crippen LogP) is 2.95. The predicted molar refractivity (Wildman–Crippen MR) is 67.7 cm³/mol. The van der Waals surface area contributed by atoms with E-state index in [1.54, 1.807) is 12.4 Å². The highest BCUT2D eigenvalue weighted by atomic mass is 32.2. The van der Waals surface area contributed by atoms with E-state index in [2.05, 4.69) is 15.0 Å². The normalized spacial score (nSPS) is 13.8.